The van der Waals surface area contributed by atoms with Crippen LogP contribution in [-0.4, -0.2) is 36.2 Å². The zero-order chi connectivity index (χ0) is 8.44. The lowest BCUT2D eigenvalue weighted by molar-refractivity contribution is -0.155. The lowest BCUT2D eigenvalue weighted by atomic mass is 9.94. The monoisotopic (exact) mass is 187 g/mol. The first-order chi connectivity index (χ1) is 5.83. The molecule has 68 valence electrons. The molecule has 0 aromatic rings. The van der Waals surface area contributed by atoms with Gasteiger partial charge in [-0.2, -0.15) is 11.8 Å². The molecule has 0 aromatic heterocycles. The van der Waals surface area contributed by atoms with Crippen molar-refractivity contribution in [1.82, 2.24) is 5.32 Å². The zero-order valence-electron chi connectivity index (χ0n) is 6.97. The third-order valence-corrected chi connectivity index (χ3v) is 3.47. The molecule has 2 saturated heterocycles. The number of nitrogens with one attached hydrogen (secondary N) is 1. The molecule has 12 heavy (non-hydrogen) atoms. The minimum atomic E-state index is -0.455. The molecule has 2 heterocycles. The molecule has 1 spiro atoms. The van der Waals surface area contributed by atoms with Crippen molar-refractivity contribution in [3.05, 3.63) is 0 Å². The van der Waals surface area contributed by atoms with E-state index in [0.717, 1.165) is 24.3 Å². The lowest BCUT2D eigenvalue weighted by Gasteiger charge is -2.38. The van der Waals surface area contributed by atoms with Crippen LogP contribution in [0.5, 0.6) is 0 Å². The van der Waals surface area contributed by atoms with Crippen LogP contribution in [0.1, 0.15) is 12.8 Å². The summed E-state index contributed by atoms with van der Waals surface area (Å²) in [5.74, 6) is 2.20. The van der Waals surface area contributed by atoms with Gasteiger partial charge in [-0.15, -0.1) is 0 Å². The van der Waals surface area contributed by atoms with Crippen LogP contribution in [0.3, 0.4) is 0 Å². The van der Waals surface area contributed by atoms with Crippen LogP contribution in [0.25, 0.3) is 0 Å². The number of rotatable bonds is 0. The second-order valence-corrected chi connectivity index (χ2v) is 4.44. The lowest BCUT2D eigenvalue weighted by Crippen LogP contribution is -2.56. The Morgan fingerprint density at radius 3 is 2.83 bits per heavy atom. The van der Waals surface area contributed by atoms with Crippen molar-refractivity contribution >= 4 is 17.7 Å². The highest BCUT2D eigenvalue weighted by Gasteiger charge is 2.42. The zero-order valence-corrected chi connectivity index (χ0v) is 7.78. The highest BCUT2D eigenvalue weighted by molar-refractivity contribution is 7.99. The molecule has 2 fully saturated rings. The first-order valence-corrected chi connectivity index (χ1v) is 5.49. The summed E-state index contributed by atoms with van der Waals surface area (Å²) in [4.78, 5) is 11.5. The van der Waals surface area contributed by atoms with Crippen molar-refractivity contribution < 1.29 is 9.53 Å². The van der Waals surface area contributed by atoms with Crippen LogP contribution in [0.2, 0.25) is 0 Å². The Morgan fingerprint density at radius 1 is 1.42 bits per heavy atom. The molecule has 0 radical (unpaired) electrons. The summed E-state index contributed by atoms with van der Waals surface area (Å²) in [7, 11) is 0. The van der Waals surface area contributed by atoms with Crippen LogP contribution < -0.4 is 5.32 Å². The van der Waals surface area contributed by atoms with Crippen molar-refractivity contribution in [3.8, 4) is 0 Å². The summed E-state index contributed by atoms with van der Waals surface area (Å²) in [6.07, 6.45) is 1.76. The molecule has 0 aromatic carbocycles. The van der Waals surface area contributed by atoms with Crippen molar-refractivity contribution in [1.29, 1.82) is 0 Å². The number of amides is 1. The number of hydrogen-bond acceptors (Lipinski definition) is 3. The molecule has 1 amide bonds. The number of hydrogen-bond donors (Lipinski definition) is 1. The maximum Gasteiger partial charge on any atom is 0.252 e. The van der Waals surface area contributed by atoms with E-state index < -0.39 is 5.60 Å². The maximum atomic E-state index is 11.5. The third kappa shape index (κ3) is 1.33. The Labute approximate surface area is 76.2 Å². The van der Waals surface area contributed by atoms with Gasteiger partial charge in [0.25, 0.3) is 5.91 Å². The Hall–Kier alpha value is -0.220. The van der Waals surface area contributed by atoms with Crippen LogP contribution >= 0.6 is 11.8 Å². The first-order valence-electron chi connectivity index (χ1n) is 4.33. The van der Waals surface area contributed by atoms with E-state index in [2.05, 4.69) is 5.32 Å². The normalized spacial score (nSPS) is 28.5. The minimum Gasteiger partial charge on any atom is -0.363 e. The average molecular weight is 187 g/mol. The van der Waals surface area contributed by atoms with E-state index in [0.29, 0.717) is 13.2 Å². The minimum absolute atomic E-state index is 0.106. The van der Waals surface area contributed by atoms with E-state index in [9.17, 15) is 4.79 Å². The Bertz CT molecular complexity index is 181. The van der Waals surface area contributed by atoms with Gasteiger partial charge in [-0.3, -0.25) is 4.79 Å². The average Bonchev–Trinajstić information content (AvgIpc) is 2.12. The van der Waals surface area contributed by atoms with Crippen molar-refractivity contribution in [3.63, 3.8) is 0 Å². The summed E-state index contributed by atoms with van der Waals surface area (Å²) in [5, 5.41) is 2.87. The Balaban J connectivity index is 2.09. The summed E-state index contributed by atoms with van der Waals surface area (Å²) < 4.78 is 5.59. The van der Waals surface area contributed by atoms with Gasteiger partial charge in [0.1, 0.15) is 5.60 Å². The molecule has 0 atom stereocenters. The van der Waals surface area contributed by atoms with Gasteiger partial charge in [0.05, 0.1) is 6.61 Å². The second kappa shape index (κ2) is 3.26. The van der Waals surface area contributed by atoms with Crippen LogP contribution in [0.4, 0.5) is 0 Å². The highest BCUT2D eigenvalue weighted by atomic mass is 32.2. The molecule has 3 nitrogen and oxygen atoms in total. The Morgan fingerprint density at radius 2 is 2.17 bits per heavy atom. The fourth-order valence-electron chi connectivity index (χ4n) is 1.71. The topological polar surface area (TPSA) is 38.3 Å². The van der Waals surface area contributed by atoms with Gasteiger partial charge in [0.15, 0.2) is 0 Å². The molecule has 0 bridgehead atoms. The van der Waals surface area contributed by atoms with Crippen LogP contribution in [0, 0.1) is 0 Å². The van der Waals surface area contributed by atoms with Gasteiger partial charge >= 0.3 is 0 Å². The van der Waals surface area contributed by atoms with Gasteiger partial charge in [0.2, 0.25) is 0 Å². The summed E-state index contributed by atoms with van der Waals surface area (Å²) in [6, 6.07) is 0. The predicted molar refractivity (Wildman–Crippen MR) is 48.3 cm³/mol. The number of thioether (sulfide) groups is 1. The number of ether oxygens (including phenoxy) is 1. The molecule has 2 rings (SSSR count). The van der Waals surface area contributed by atoms with Crippen LogP contribution in [0.15, 0.2) is 0 Å². The molecular formula is C8H13NO2S. The molecule has 1 N–H and O–H groups in total. The molecule has 0 unspecified atom stereocenters. The Kier molecular flexibility index (Phi) is 2.28. The smallest absolute Gasteiger partial charge is 0.252 e. The van der Waals surface area contributed by atoms with Crippen molar-refractivity contribution in [2.45, 2.75) is 18.4 Å². The molecule has 2 aliphatic rings. The van der Waals surface area contributed by atoms with Crippen molar-refractivity contribution in [2.75, 3.05) is 24.7 Å². The molecule has 0 aliphatic carbocycles. The first kappa shape index (κ1) is 8.38. The van der Waals surface area contributed by atoms with E-state index in [1.165, 1.54) is 0 Å². The molecule has 2 aliphatic heterocycles. The fourth-order valence-corrected chi connectivity index (χ4v) is 2.86. The maximum absolute atomic E-state index is 11.5. The van der Waals surface area contributed by atoms with Gasteiger partial charge < -0.3 is 10.1 Å². The number of carbonyl (C=O) groups excluding carboxylic acids is 1. The molecule has 0 saturated carbocycles. The second-order valence-electron chi connectivity index (χ2n) is 3.21. The van der Waals surface area contributed by atoms with E-state index in [-0.39, 0.29) is 5.91 Å². The number of morpholine rings is 1. The predicted octanol–water partition coefficient (Wildman–Crippen LogP) is 0.399. The van der Waals surface area contributed by atoms with Gasteiger partial charge in [0, 0.05) is 6.54 Å². The standard InChI is InChI=1S/C8H13NO2S/c10-7-8(11-4-3-9-7)1-5-12-6-2-8/h1-6H2,(H,9,10). The van der Waals surface area contributed by atoms with E-state index in [1.807, 2.05) is 11.8 Å². The van der Waals surface area contributed by atoms with Gasteiger partial charge in [-0.1, -0.05) is 0 Å². The fraction of sp³-hybridized carbons (Fsp3) is 0.875. The highest BCUT2D eigenvalue weighted by Crippen LogP contribution is 2.31. The van der Waals surface area contributed by atoms with Gasteiger partial charge in [-0.05, 0) is 24.3 Å². The van der Waals surface area contributed by atoms with E-state index in [4.69, 9.17) is 4.74 Å². The summed E-state index contributed by atoms with van der Waals surface area (Å²) in [6.45, 7) is 1.35. The van der Waals surface area contributed by atoms with Crippen molar-refractivity contribution in [2.24, 2.45) is 0 Å². The number of carbonyl (C=O) groups is 1. The van der Waals surface area contributed by atoms with Crippen LogP contribution in [-0.2, 0) is 9.53 Å². The molecule has 4 heteroatoms. The largest absolute Gasteiger partial charge is 0.363 e. The van der Waals surface area contributed by atoms with Gasteiger partial charge in [-0.25, -0.2) is 0 Å². The quantitative estimate of drug-likeness (QED) is 0.596. The van der Waals surface area contributed by atoms with E-state index >= 15 is 0 Å². The SMILES string of the molecule is O=C1NCCOC12CCSCC2. The molecular weight excluding hydrogens is 174 g/mol. The summed E-state index contributed by atoms with van der Waals surface area (Å²) >= 11 is 1.90. The third-order valence-electron chi connectivity index (χ3n) is 2.48. The summed E-state index contributed by atoms with van der Waals surface area (Å²) in [5.41, 5.74) is -0.455. The van der Waals surface area contributed by atoms with E-state index in [1.54, 1.807) is 0 Å².